The van der Waals surface area contributed by atoms with Crippen LogP contribution in [0, 0.1) is 6.42 Å². The van der Waals surface area contributed by atoms with Gasteiger partial charge in [0.1, 0.15) is 0 Å². The zero-order valence-electron chi connectivity index (χ0n) is 7.53. The average molecular weight is 170 g/mol. The second-order valence-electron chi connectivity index (χ2n) is 3.03. The van der Waals surface area contributed by atoms with Gasteiger partial charge in [0, 0.05) is 13.1 Å². The molecule has 1 heterocycles. The Morgan fingerprint density at radius 1 is 1.67 bits per heavy atom. The van der Waals surface area contributed by atoms with Crippen molar-refractivity contribution in [1.82, 2.24) is 4.90 Å². The number of amides is 1. The predicted octanol–water partition coefficient (Wildman–Crippen LogP) is 0.848. The highest BCUT2D eigenvalue weighted by atomic mass is 16.5. The molecular formula is C9H16NO2. The monoisotopic (exact) mass is 170 g/mol. The van der Waals surface area contributed by atoms with Crippen LogP contribution in [-0.4, -0.2) is 37.1 Å². The fourth-order valence-corrected chi connectivity index (χ4v) is 1.33. The minimum Gasteiger partial charge on any atom is -0.375 e. The molecule has 1 saturated heterocycles. The first-order valence-electron chi connectivity index (χ1n) is 4.49. The van der Waals surface area contributed by atoms with Gasteiger partial charge in [-0.15, -0.1) is 0 Å². The number of carbonyl (C=O) groups is 1. The molecule has 0 aliphatic carbocycles. The van der Waals surface area contributed by atoms with Crippen molar-refractivity contribution in [3.8, 4) is 0 Å². The van der Waals surface area contributed by atoms with E-state index < -0.39 is 0 Å². The highest BCUT2D eigenvalue weighted by Crippen LogP contribution is 2.09. The molecule has 3 heteroatoms. The minimum atomic E-state index is 0.226. The minimum absolute atomic E-state index is 0.226. The number of unbranched alkanes of at least 4 members (excludes halogenated alkanes) is 1. The second kappa shape index (κ2) is 5.14. The van der Waals surface area contributed by atoms with Crippen LogP contribution in [0.15, 0.2) is 0 Å². The van der Waals surface area contributed by atoms with Crippen molar-refractivity contribution >= 4 is 6.41 Å². The lowest BCUT2D eigenvalue weighted by atomic mass is 10.1. The Morgan fingerprint density at radius 3 is 3.17 bits per heavy atom. The van der Waals surface area contributed by atoms with Crippen molar-refractivity contribution < 1.29 is 9.53 Å². The van der Waals surface area contributed by atoms with Gasteiger partial charge < -0.3 is 9.64 Å². The van der Waals surface area contributed by atoms with Crippen molar-refractivity contribution in [3.63, 3.8) is 0 Å². The maximum atomic E-state index is 10.4. The van der Waals surface area contributed by atoms with E-state index in [0.29, 0.717) is 6.61 Å². The molecule has 1 amide bonds. The quantitative estimate of drug-likeness (QED) is 0.585. The molecule has 1 unspecified atom stereocenters. The van der Waals surface area contributed by atoms with Crippen molar-refractivity contribution in [2.24, 2.45) is 0 Å². The van der Waals surface area contributed by atoms with Gasteiger partial charge in [-0.25, -0.2) is 0 Å². The highest BCUT2D eigenvalue weighted by Gasteiger charge is 2.17. The van der Waals surface area contributed by atoms with E-state index in [9.17, 15) is 4.79 Å². The Balaban J connectivity index is 2.20. The molecule has 0 aromatic heterocycles. The summed E-state index contributed by atoms with van der Waals surface area (Å²) in [7, 11) is 0. The van der Waals surface area contributed by atoms with Crippen LogP contribution in [-0.2, 0) is 9.53 Å². The molecule has 1 aliphatic heterocycles. The number of rotatable bonds is 4. The van der Waals surface area contributed by atoms with E-state index in [0.717, 1.165) is 32.3 Å². The maximum absolute atomic E-state index is 10.4. The SMILES string of the molecule is CC[CH]CC1CN(C=O)CCO1. The molecule has 0 aromatic carbocycles. The largest absolute Gasteiger partial charge is 0.375 e. The summed E-state index contributed by atoms with van der Waals surface area (Å²) >= 11 is 0. The van der Waals surface area contributed by atoms with Gasteiger partial charge in [0.25, 0.3) is 0 Å². The summed E-state index contributed by atoms with van der Waals surface area (Å²) in [6.07, 6.45) is 5.35. The predicted molar refractivity (Wildman–Crippen MR) is 46.6 cm³/mol. The number of nitrogens with zero attached hydrogens (tertiary/aromatic N) is 1. The molecule has 3 nitrogen and oxygen atoms in total. The van der Waals surface area contributed by atoms with E-state index in [2.05, 4.69) is 13.3 Å². The van der Waals surface area contributed by atoms with Crippen LogP contribution in [0.1, 0.15) is 19.8 Å². The van der Waals surface area contributed by atoms with Gasteiger partial charge in [-0.3, -0.25) is 4.79 Å². The van der Waals surface area contributed by atoms with Gasteiger partial charge in [-0.1, -0.05) is 13.3 Å². The number of morpholine rings is 1. The van der Waals surface area contributed by atoms with Crippen molar-refractivity contribution in [2.45, 2.75) is 25.9 Å². The molecule has 1 fully saturated rings. The van der Waals surface area contributed by atoms with Gasteiger partial charge >= 0.3 is 0 Å². The first-order chi connectivity index (χ1) is 5.86. The lowest BCUT2D eigenvalue weighted by Gasteiger charge is -2.30. The van der Waals surface area contributed by atoms with Crippen molar-refractivity contribution in [1.29, 1.82) is 0 Å². The van der Waals surface area contributed by atoms with E-state index in [1.807, 2.05) is 0 Å². The Bertz CT molecular complexity index is 138. The fraction of sp³-hybridized carbons (Fsp3) is 0.778. The van der Waals surface area contributed by atoms with Gasteiger partial charge in [0.05, 0.1) is 12.7 Å². The van der Waals surface area contributed by atoms with Crippen molar-refractivity contribution in [2.75, 3.05) is 19.7 Å². The Hall–Kier alpha value is -0.570. The normalized spacial score (nSPS) is 24.1. The Kier molecular flexibility index (Phi) is 4.08. The molecule has 1 radical (unpaired) electrons. The zero-order valence-corrected chi connectivity index (χ0v) is 7.53. The van der Waals surface area contributed by atoms with E-state index in [1.165, 1.54) is 0 Å². The highest BCUT2D eigenvalue weighted by molar-refractivity contribution is 5.47. The lowest BCUT2D eigenvalue weighted by molar-refractivity contribution is -0.125. The van der Waals surface area contributed by atoms with Gasteiger partial charge in [0.15, 0.2) is 0 Å². The topological polar surface area (TPSA) is 29.5 Å². The Morgan fingerprint density at radius 2 is 2.50 bits per heavy atom. The summed E-state index contributed by atoms with van der Waals surface area (Å²) < 4.78 is 5.48. The fourth-order valence-electron chi connectivity index (χ4n) is 1.33. The van der Waals surface area contributed by atoms with Gasteiger partial charge in [0.2, 0.25) is 6.41 Å². The number of ether oxygens (including phenoxy) is 1. The van der Waals surface area contributed by atoms with Crippen LogP contribution < -0.4 is 0 Å². The molecule has 0 aromatic rings. The van der Waals surface area contributed by atoms with Crippen LogP contribution >= 0.6 is 0 Å². The number of hydrogen-bond donors (Lipinski definition) is 0. The molecule has 12 heavy (non-hydrogen) atoms. The standard InChI is InChI=1S/C9H16NO2/c1-2-3-4-9-7-10(8-11)5-6-12-9/h3,8-9H,2,4-7H2,1H3. The first kappa shape index (κ1) is 9.52. The van der Waals surface area contributed by atoms with Crippen LogP contribution in [0.2, 0.25) is 0 Å². The number of hydrogen-bond acceptors (Lipinski definition) is 2. The van der Waals surface area contributed by atoms with Crippen LogP contribution in [0.3, 0.4) is 0 Å². The van der Waals surface area contributed by atoms with E-state index in [-0.39, 0.29) is 6.10 Å². The number of carbonyl (C=O) groups excluding carboxylic acids is 1. The smallest absolute Gasteiger partial charge is 0.209 e. The maximum Gasteiger partial charge on any atom is 0.209 e. The summed E-state index contributed by atoms with van der Waals surface area (Å²) in [4.78, 5) is 12.2. The second-order valence-corrected chi connectivity index (χ2v) is 3.03. The third-order valence-corrected chi connectivity index (χ3v) is 2.04. The lowest BCUT2D eigenvalue weighted by Crippen LogP contribution is -2.41. The molecule has 0 spiro atoms. The molecule has 0 saturated carbocycles. The van der Waals surface area contributed by atoms with E-state index >= 15 is 0 Å². The third kappa shape index (κ3) is 2.81. The van der Waals surface area contributed by atoms with Crippen LogP contribution in [0.5, 0.6) is 0 Å². The summed E-state index contributed by atoms with van der Waals surface area (Å²) in [5.41, 5.74) is 0. The first-order valence-corrected chi connectivity index (χ1v) is 4.49. The Labute approximate surface area is 73.7 Å². The summed E-state index contributed by atoms with van der Waals surface area (Å²) in [6, 6.07) is 0. The van der Waals surface area contributed by atoms with Crippen molar-refractivity contribution in [3.05, 3.63) is 6.42 Å². The zero-order chi connectivity index (χ0) is 8.81. The van der Waals surface area contributed by atoms with Crippen LogP contribution in [0.4, 0.5) is 0 Å². The molecule has 0 bridgehead atoms. The molecule has 1 atom stereocenters. The van der Waals surface area contributed by atoms with E-state index in [1.54, 1.807) is 4.90 Å². The molecule has 0 N–H and O–H groups in total. The molecular weight excluding hydrogens is 154 g/mol. The molecule has 69 valence electrons. The summed E-state index contributed by atoms with van der Waals surface area (Å²) in [5, 5.41) is 0. The van der Waals surface area contributed by atoms with Gasteiger partial charge in [-0.05, 0) is 12.8 Å². The summed E-state index contributed by atoms with van der Waals surface area (Å²) in [6.45, 7) is 4.29. The average Bonchev–Trinajstić information content (AvgIpc) is 2.15. The third-order valence-electron chi connectivity index (χ3n) is 2.04. The van der Waals surface area contributed by atoms with Crippen LogP contribution in [0.25, 0.3) is 0 Å². The molecule has 1 aliphatic rings. The molecule has 1 rings (SSSR count). The van der Waals surface area contributed by atoms with E-state index in [4.69, 9.17) is 4.74 Å². The summed E-state index contributed by atoms with van der Waals surface area (Å²) in [5.74, 6) is 0. The van der Waals surface area contributed by atoms with Gasteiger partial charge in [-0.2, -0.15) is 0 Å².